The molecule has 90 valence electrons. The van der Waals surface area contributed by atoms with E-state index in [2.05, 4.69) is 5.32 Å². The zero-order chi connectivity index (χ0) is 12.0. The lowest BCUT2D eigenvalue weighted by atomic mass is 10.2. The number of carbonyl (C=O) groups is 1. The molecule has 0 radical (unpaired) electrons. The van der Waals surface area contributed by atoms with Crippen LogP contribution in [0.3, 0.4) is 0 Å². The molecule has 0 fully saturated rings. The number of aliphatic hydroxyl groups excluding tert-OH is 1. The van der Waals surface area contributed by atoms with Crippen LogP contribution in [0.5, 0.6) is 0 Å². The van der Waals surface area contributed by atoms with Crippen molar-refractivity contribution in [3.05, 3.63) is 21.4 Å². The minimum absolute atomic E-state index is 0.0107. The first-order valence-electron chi connectivity index (χ1n) is 5.18. The van der Waals surface area contributed by atoms with E-state index in [0.717, 1.165) is 11.1 Å². The van der Waals surface area contributed by atoms with Gasteiger partial charge in [-0.15, -0.1) is 11.3 Å². The number of nitrogens with one attached hydrogen (secondary N) is 1. The third kappa shape index (κ3) is 3.59. The van der Waals surface area contributed by atoms with Crippen LogP contribution in [0.1, 0.15) is 20.8 Å². The summed E-state index contributed by atoms with van der Waals surface area (Å²) in [6.45, 7) is 5.16. The smallest absolute Gasteiger partial charge is 0.252 e. The standard InChI is InChI=1S/C11H17NO3S/c1-8-9(2)16-7-10(8)11(14)12-3-5-15-6-4-13/h7,13H,3-6H2,1-2H3,(H,12,14). The Hall–Kier alpha value is -0.910. The van der Waals surface area contributed by atoms with Gasteiger partial charge in [-0.25, -0.2) is 0 Å². The van der Waals surface area contributed by atoms with Crippen LogP contribution in [0.25, 0.3) is 0 Å². The van der Waals surface area contributed by atoms with Gasteiger partial charge in [0.25, 0.3) is 5.91 Å². The summed E-state index contributed by atoms with van der Waals surface area (Å²) in [6, 6.07) is 0. The van der Waals surface area contributed by atoms with Crippen LogP contribution in [0, 0.1) is 13.8 Å². The second kappa shape index (κ2) is 6.62. The molecule has 0 aliphatic carbocycles. The predicted molar refractivity (Wildman–Crippen MR) is 64.0 cm³/mol. The molecule has 0 saturated heterocycles. The maximum Gasteiger partial charge on any atom is 0.252 e. The van der Waals surface area contributed by atoms with E-state index in [9.17, 15) is 4.79 Å². The zero-order valence-corrected chi connectivity index (χ0v) is 10.4. The van der Waals surface area contributed by atoms with Crippen LogP contribution >= 0.6 is 11.3 Å². The van der Waals surface area contributed by atoms with Crippen molar-refractivity contribution in [1.82, 2.24) is 5.32 Å². The molecule has 0 bridgehead atoms. The lowest BCUT2D eigenvalue weighted by molar-refractivity contribution is 0.0838. The molecule has 2 N–H and O–H groups in total. The van der Waals surface area contributed by atoms with Crippen molar-refractivity contribution in [3.63, 3.8) is 0 Å². The largest absolute Gasteiger partial charge is 0.394 e. The number of thiophene rings is 1. The first-order chi connectivity index (χ1) is 7.66. The molecule has 0 aromatic carbocycles. The topological polar surface area (TPSA) is 58.6 Å². The third-order valence-electron chi connectivity index (χ3n) is 2.30. The van der Waals surface area contributed by atoms with Crippen LogP contribution in [-0.4, -0.2) is 37.4 Å². The summed E-state index contributed by atoms with van der Waals surface area (Å²) < 4.78 is 5.04. The SMILES string of the molecule is Cc1scc(C(=O)NCCOCCO)c1C. The molecule has 0 atom stereocenters. The molecule has 1 amide bonds. The van der Waals surface area contributed by atoms with E-state index in [1.807, 2.05) is 19.2 Å². The Balaban J connectivity index is 2.33. The van der Waals surface area contributed by atoms with Crippen molar-refractivity contribution in [1.29, 1.82) is 0 Å². The minimum Gasteiger partial charge on any atom is -0.394 e. The van der Waals surface area contributed by atoms with E-state index >= 15 is 0 Å². The van der Waals surface area contributed by atoms with Crippen LogP contribution in [0.15, 0.2) is 5.38 Å². The monoisotopic (exact) mass is 243 g/mol. The first-order valence-corrected chi connectivity index (χ1v) is 6.06. The molecule has 0 saturated carbocycles. The van der Waals surface area contributed by atoms with Crippen molar-refractivity contribution in [2.45, 2.75) is 13.8 Å². The molecule has 0 aliphatic heterocycles. The average Bonchev–Trinajstić information content (AvgIpc) is 2.59. The van der Waals surface area contributed by atoms with Gasteiger partial charge in [-0.3, -0.25) is 4.79 Å². The summed E-state index contributed by atoms with van der Waals surface area (Å²) in [6.07, 6.45) is 0. The molecular formula is C11H17NO3S. The lowest BCUT2D eigenvalue weighted by Crippen LogP contribution is -2.27. The van der Waals surface area contributed by atoms with E-state index in [0.29, 0.717) is 19.8 Å². The Bertz CT molecular complexity index is 349. The normalized spacial score (nSPS) is 10.4. The van der Waals surface area contributed by atoms with Crippen molar-refractivity contribution in [2.75, 3.05) is 26.4 Å². The molecule has 4 nitrogen and oxygen atoms in total. The van der Waals surface area contributed by atoms with Gasteiger partial charge in [-0.2, -0.15) is 0 Å². The van der Waals surface area contributed by atoms with Gasteiger partial charge in [0.1, 0.15) is 0 Å². The fraction of sp³-hybridized carbons (Fsp3) is 0.545. The Morgan fingerprint density at radius 3 is 2.81 bits per heavy atom. The molecule has 16 heavy (non-hydrogen) atoms. The average molecular weight is 243 g/mol. The summed E-state index contributed by atoms with van der Waals surface area (Å²) in [5.74, 6) is -0.0607. The lowest BCUT2D eigenvalue weighted by Gasteiger charge is -2.05. The number of aryl methyl sites for hydroxylation is 1. The number of amides is 1. The Morgan fingerprint density at radius 1 is 1.50 bits per heavy atom. The van der Waals surface area contributed by atoms with Gasteiger partial charge in [0.2, 0.25) is 0 Å². The molecule has 1 aromatic heterocycles. The highest BCUT2D eigenvalue weighted by atomic mass is 32.1. The van der Waals surface area contributed by atoms with E-state index in [1.54, 1.807) is 11.3 Å². The van der Waals surface area contributed by atoms with Gasteiger partial charge in [0.05, 0.1) is 25.4 Å². The quantitative estimate of drug-likeness (QED) is 0.736. The van der Waals surface area contributed by atoms with Gasteiger partial charge in [0, 0.05) is 16.8 Å². The van der Waals surface area contributed by atoms with Crippen LogP contribution in [0.2, 0.25) is 0 Å². The molecule has 0 aliphatic rings. The molecule has 1 rings (SSSR count). The summed E-state index contributed by atoms with van der Waals surface area (Å²) in [5.41, 5.74) is 1.78. The summed E-state index contributed by atoms with van der Waals surface area (Å²) >= 11 is 1.58. The molecule has 1 heterocycles. The highest BCUT2D eigenvalue weighted by Crippen LogP contribution is 2.20. The van der Waals surface area contributed by atoms with Crippen molar-refractivity contribution >= 4 is 17.2 Å². The highest BCUT2D eigenvalue weighted by Gasteiger charge is 2.11. The van der Waals surface area contributed by atoms with E-state index in [-0.39, 0.29) is 12.5 Å². The Kier molecular flexibility index (Phi) is 5.45. The molecule has 5 heteroatoms. The van der Waals surface area contributed by atoms with Gasteiger partial charge < -0.3 is 15.2 Å². The van der Waals surface area contributed by atoms with Crippen LogP contribution in [0.4, 0.5) is 0 Å². The second-order valence-corrected chi connectivity index (χ2v) is 4.51. The van der Waals surface area contributed by atoms with E-state index in [1.165, 1.54) is 4.88 Å². The van der Waals surface area contributed by atoms with Crippen LogP contribution in [-0.2, 0) is 4.74 Å². The summed E-state index contributed by atoms with van der Waals surface area (Å²) in [5, 5.41) is 13.1. The summed E-state index contributed by atoms with van der Waals surface area (Å²) in [7, 11) is 0. The molecule has 0 spiro atoms. The van der Waals surface area contributed by atoms with E-state index in [4.69, 9.17) is 9.84 Å². The number of rotatable bonds is 6. The number of hydrogen-bond acceptors (Lipinski definition) is 4. The zero-order valence-electron chi connectivity index (χ0n) is 9.58. The molecule has 1 aromatic rings. The Labute approximate surface area is 99.2 Å². The van der Waals surface area contributed by atoms with Crippen molar-refractivity contribution < 1.29 is 14.6 Å². The maximum atomic E-state index is 11.7. The highest BCUT2D eigenvalue weighted by molar-refractivity contribution is 7.10. The maximum absolute atomic E-state index is 11.7. The third-order valence-corrected chi connectivity index (χ3v) is 3.31. The van der Waals surface area contributed by atoms with E-state index < -0.39 is 0 Å². The minimum atomic E-state index is -0.0607. The van der Waals surface area contributed by atoms with Gasteiger partial charge in [-0.1, -0.05) is 0 Å². The number of carbonyl (C=O) groups excluding carboxylic acids is 1. The molecular weight excluding hydrogens is 226 g/mol. The van der Waals surface area contributed by atoms with Gasteiger partial charge in [-0.05, 0) is 19.4 Å². The number of hydrogen-bond donors (Lipinski definition) is 2. The van der Waals surface area contributed by atoms with Crippen molar-refractivity contribution in [2.24, 2.45) is 0 Å². The van der Waals surface area contributed by atoms with Crippen molar-refractivity contribution in [3.8, 4) is 0 Å². The fourth-order valence-electron chi connectivity index (χ4n) is 1.24. The second-order valence-electron chi connectivity index (χ2n) is 3.42. The van der Waals surface area contributed by atoms with Gasteiger partial charge in [0.15, 0.2) is 0 Å². The summed E-state index contributed by atoms with van der Waals surface area (Å²) in [4.78, 5) is 12.9. The Morgan fingerprint density at radius 2 is 2.25 bits per heavy atom. The predicted octanol–water partition coefficient (Wildman–Crippen LogP) is 1.10. The fourth-order valence-corrected chi connectivity index (χ4v) is 2.10. The first kappa shape index (κ1) is 13.2. The van der Waals surface area contributed by atoms with Crippen LogP contribution < -0.4 is 5.32 Å². The number of ether oxygens (including phenoxy) is 1. The van der Waals surface area contributed by atoms with Gasteiger partial charge >= 0.3 is 0 Å². The molecule has 0 unspecified atom stereocenters. The number of aliphatic hydroxyl groups is 1.